The molecule has 4 aliphatic rings. The summed E-state index contributed by atoms with van der Waals surface area (Å²) in [6, 6.07) is 9.55. The van der Waals surface area contributed by atoms with E-state index in [-0.39, 0.29) is 12.1 Å². The molecule has 0 aliphatic heterocycles. The van der Waals surface area contributed by atoms with Crippen LogP contribution in [0.4, 0.5) is 0 Å². The van der Waals surface area contributed by atoms with Crippen LogP contribution in [-0.4, -0.2) is 12.1 Å². The molecule has 2 nitrogen and oxygen atoms in total. The Hall–Kier alpha value is -1.31. The minimum Gasteiger partial charge on any atom is -0.459 e. The SMILES string of the molecule is CC(C)CCC[C@@H](C)C1CC[C@H]2[C@@H]3CC[C@H]4C[C@@H](OC(=O)c5ccccc5)CC[C@]4(C)[C@H]3CC[C@]12C. The molecule has 0 heterocycles. The van der Waals surface area contributed by atoms with Crippen LogP contribution in [0, 0.1) is 52.3 Å². The summed E-state index contributed by atoms with van der Waals surface area (Å²) in [5.74, 6) is 6.01. The molecule has 1 aromatic carbocycles. The van der Waals surface area contributed by atoms with E-state index < -0.39 is 0 Å². The third kappa shape index (κ3) is 4.80. The summed E-state index contributed by atoms with van der Waals surface area (Å²) >= 11 is 0. The van der Waals surface area contributed by atoms with Gasteiger partial charge in [0.1, 0.15) is 6.10 Å². The molecule has 0 amide bonds. The maximum absolute atomic E-state index is 12.7. The molecule has 0 spiro atoms. The topological polar surface area (TPSA) is 26.3 Å². The molecule has 200 valence electrons. The van der Waals surface area contributed by atoms with Gasteiger partial charge in [0.25, 0.3) is 0 Å². The first-order valence-electron chi connectivity index (χ1n) is 15.5. The Morgan fingerprint density at radius 1 is 0.889 bits per heavy atom. The summed E-state index contributed by atoms with van der Waals surface area (Å²) in [6.07, 6.45) is 16.3. The lowest BCUT2D eigenvalue weighted by Crippen LogP contribution is -2.54. The van der Waals surface area contributed by atoms with Crippen molar-refractivity contribution in [3.8, 4) is 0 Å². The normalized spacial score (nSPS) is 40.7. The molecule has 36 heavy (non-hydrogen) atoms. The van der Waals surface area contributed by atoms with Crippen LogP contribution in [0.3, 0.4) is 0 Å². The second kappa shape index (κ2) is 10.5. The molecular formula is C34H52O2. The number of fused-ring (bicyclic) bond motifs is 5. The quantitative estimate of drug-likeness (QED) is 0.354. The van der Waals surface area contributed by atoms with Crippen LogP contribution < -0.4 is 0 Å². The van der Waals surface area contributed by atoms with E-state index in [1.54, 1.807) is 0 Å². The second-order valence-electron chi connectivity index (χ2n) is 14.4. The average molecular weight is 493 g/mol. The number of carbonyl (C=O) groups is 1. The first-order chi connectivity index (χ1) is 17.2. The van der Waals surface area contributed by atoms with Crippen molar-refractivity contribution in [2.24, 2.45) is 52.3 Å². The van der Waals surface area contributed by atoms with Crippen LogP contribution in [0.1, 0.15) is 122 Å². The van der Waals surface area contributed by atoms with Crippen LogP contribution in [-0.2, 0) is 4.74 Å². The van der Waals surface area contributed by atoms with Crippen molar-refractivity contribution in [3.63, 3.8) is 0 Å². The highest BCUT2D eigenvalue weighted by molar-refractivity contribution is 5.89. The fourth-order valence-corrected chi connectivity index (χ4v) is 10.1. The molecule has 4 saturated carbocycles. The molecule has 0 saturated heterocycles. The van der Waals surface area contributed by atoms with Gasteiger partial charge in [-0.1, -0.05) is 72.1 Å². The van der Waals surface area contributed by atoms with Crippen molar-refractivity contribution < 1.29 is 9.53 Å². The lowest BCUT2D eigenvalue weighted by atomic mass is 9.44. The first-order valence-corrected chi connectivity index (χ1v) is 15.5. The molecule has 0 bridgehead atoms. The van der Waals surface area contributed by atoms with Crippen LogP contribution in [0.25, 0.3) is 0 Å². The maximum Gasteiger partial charge on any atom is 0.338 e. The Kier molecular flexibility index (Phi) is 7.64. The molecule has 4 fully saturated rings. The van der Waals surface area contributed by atoms with Crippen molar-refractivity contribution in [2.45, 2.75) is 118 Å². The Bertz CT molecular complexity index is 892. The summed E-state index contributed by atoms with van der Waals surface area (Å²) in [5.41, 5.74) is 1.71. The molecule has 0 radical (unpaired) electrons. The van der Waals surface area contributed by atoms with Crippen LogP contribution in [0.2, 0.25) is 0 Å². The van der Waals surface area contributed by atoms with Gasteiger partial charge in [0.15, 0.2) is 0 Å². The van der Waals surface area contributed by atoms with Gasteiger partial charge in [-0.3, -0.25) is 0 Å². The number of ether oxygens (including phenoxy) is 1. The second-order valence-corrected chi connectivity index (χ2v) is 14.4. The third-order valence-corrected chi connectivity index (χ3v) is 12.1. The summed E-state index contributed by atoms with van der Waals surface area (Å²) in [5, 5.41) is 0. The predicted molar refractivity (Wildman–Crippen MR) is 149 cm³/mol. The first kappa shape index (κ1) is 26.3. The zero-order valence-corrected chi connectivity index (χ0v) is 23.8. The van der Waals surface area contributed by atoms with Crippen molar-refractivity contribution in [2.75, 3.05) is 0 Å². The van der Waals surface area contributed by atoms with E-state index in [4.69, 9.17) is 4.74 Å². The van der Waals surface area contributed by atoms with E-state index in [1.807, 2.05) is 30.3 Å². The minimum absolute atomic E-state index is 0.101. The van der Waals surface area contributed by atoms with Crippen LogP contribution in [0.5, 0.6) is 0 Å². The number of rotatable bonds is 7. The standard InChI is InChI=1S/C34H52O2/c1-23(2)10-9-11-24(3)29-16-17-30-28-15-14-26-22-27(36-32(35)25-12-7-6-8-13-25)18-20-33(26,4)31(28)19-21-34(29,30)5/h6-8,12-13,23-24,26-31H,9-11,14-22H2,1-5H3/t24-,26+,27+,28+,29?,30+,31+,33+,34-/m1/s1. The van der Waals surface area contributed by atoms with E-state index >= 15 is 0 Å². The molecule has 0 aromatic heterocycles. The van der Waals surface area contributed by atoms with Crippen molar-refractivity contribution in [1.29, 1.82) is 0 Å². The average Bonchev–Trinajstić information content (AvgIpc) is 3.22. The number of carbonyl (C=O) groups excluding carboxylic acids is 1. The van der Waals surface area contributed by atoms with Gasteiger partial charge in [-0.15, -0.1) is 0 Å². The van der Waals surface area contributed by atoms with Crippen molar-refractivity contribution >= 4 is 5.97 Å². The number of hydrogen-bond acceptors (Lipinski definition) is 2. The van der Waals surface area contributed by atoms with Gasteiger partial charge < -0.3 is 4.74 Å². The minimum atomic E-state index is -0.133. The number of esters is 1. The molecule has 1 unspecified atom stereocenters. The summed E-state index contributed by atoms with van der Waals surface area (Å²) in [7, 11) is 0. The van der Waals surface area contributed by atoms with Gasteiger partial charge in [0, 0.05) is 0 Å². The molecule has 0 N–H and O–H groups in total. The molecule has 9 atom stereocenters. The van der Waals surface area contributed by atoms with E-state index in [1.165, 1.54) is 64.2 Å². The molecule has 5 rings (SSSR count). The zero-order chi connectivity index (χ0) is 25.5. The van der Waals surface area contributed by atoms with Crippen LogP contribution >= 0.6 is 0 Å². The largest absolute Gasteiger partial charge is 0.459 e. The summed E-state index contributed by atoms with van der Waals surface area (Å²) < 4.78 is 6.04. The molecule has 4 aliphatic carbocycles. The highest BCUT2D eigenvalue weighted by atomic mass is 16.5. The van der Waals surface area contributed by atoms with Gasteiger partial charge in [-0.25, -0.2) is 4.79 Å². The molecular weight excluding hydrogens is 440 g/mol. The Morgan fingerprint density at radius 3 is 2.36 bits per heavy atom. The van der Waals surface area contributed by atoms with Crippen LogP contribution in [0.15, 0.2) is 30.3 Å². The highest BCUT2D eigenvalue weighted by Crippen LogP contribution is 2.68. The summed E-state index contributed by atoms with van der Waals surface area (Å²) in [6.45, 7) is 12.7. The fraction of sp³-hybridized carbons (Fsp3) is 0.794. The van der Waals surface area contributed by atoms with E-state index in [0.717, 1.165) is 54.3 Å². The zero-order valence-electron chi connectivity index (χ0n) is 23.8. The Balaban J connectivity index is 1.22. The predicted octanol–water partition coefficient (Wildman–Crippen LogP) is 9.33. The van der Waals surface area contributed by atoms with Crippen molar-refractivity contribution in [3.05, 3.63) is 35.9 Å². The Morgan fingerprint density at radius 2 is 1.61 bits per heavy atom. The number of hydrogen-bond donors (Lipinski definition) is 0. The maximum atomic E-state index is 12.7. The summed E-state index contributed by atoms with van der Waals surface area (Å²) in [4.78, 5) is 12.7. The third-order valence-electron chi connectivity index (χ3n) is 12.1. The van der Waals surface area contributed by atoms with E-state index in [2.05, 4.69) is 34.6 Å². The number of benzene rings is 1. The lowest BCUT2D eigenvalue weighted by Gasteiger charge is -2.61. The fourth-order valence-electron chi connectivity index (χ4n) is 10.1. The van der Waals surface area contributed by atoms with Gasteiger partial charge in [-0.05, 0) is 122 Å². The Labute approximate surface area is 221 Å². The van der Waals surface area contributed by atoms with Gasteiger partial charge in [0.2, 0.25) is 0 Å². The van der Waals surface area contributed by atoms with Gasteiger partial charge >= 0.3 is 5.97 Å². The van der Waals surface area contributed by atoms with E-state index in [9.17, 15) is 4.79 Å². The van der Waals surface area contributed by atoms with Gasteiger partial charge in [0.05, 0.1) is 5.56 Å². The highest BCUT2D eigenvalue weighted by Gasteiger charge is 2.60. The monoisotopic (exact) mass is 492 g/mol. The van der Waals surface area contributed by atoms with Gasteiger partial charge in [-0.2, -0.15) is 0 Å². The molecule has 2 heteroatoms. The van der Waals surface area contributed by atoms with E-state index in [0.29, 0.717) is 16.4 Å². The molecule has 1 aromatic rings. The van der Waals surface area contributed by atoms with Crippen molar-refractivity contribution in [1.82, 2.24) is 0 Å². The smallest absolute Gasteiger partial charge is 0.338 e. The lowest BCUT2D eigenvalue weighted by molar-refractivity contribution is -0.130.